The lowest BCUT2D eigenvalue weighted by Crippen LogP contribution is -2.15. The quantitative estimate of drug-likeness (QED) is 0.546. The molecule has 1 amide bonds. The van der Waals surface area contributed by atoms with Gasteiger partial charge in [-0.25, -0.2) is 0 Å². The van der Waals surface area contributed by atoms with Gasteiger partial charge in [0.25, 0.3) is 5.91 Å². The molecule has 0 saturated carbocycles. The minimum atomic E-state index is -0.0339. The van der Waals surface area contributed by atoms with E-state index in [1.165, 1.54) is 22.3 Å². The topological polar surface area (TPSA) is 29.1 Å². The number of anilines is 1. The van der Waals surface area contributed by atoms with Gasteiger partial charge < -0.3 is 5.32 Å². The summed E-state index contributed by atoms with van der Waals surface area (Å²) in [5, 5.41) is 3.08. The average molecular weight is 313 g/mol. The molecule has 0 saturated heterocycles. The Morgan fingerprint density at radius 2 is 1.62 bits per heavy atom. The Morgan fingerprint density at radius 3 is 2.50 bits per heavy atom. The van der Waals surface area contributed by atoms with Crippen LogP contribution in [0.3, 0.4) is 0 Å². The second-order valence-corrected chi connectivity index (χ2v) is 6.37. The summed E-state index contributed by atoms with van der Waals surface area (Å²) in [4.78, 5) is 12.9. The van der Waals surface area contributed by atoms with E-state index in [0.717, 1.165) is 28.8 Å². The highest BCUT2D eigenvalue weighted by atomic mass is 16.1. The molecule has 0 bridgehead atoms. The van der Waals surface area contributed by atoms with Gasteiger partial charge in [0, 0.05) is 11.3 Å². The Balaban J connectivity index is 1.71. The van der Waals surface area contributed by atoms with Crippen LogP contribution in [0.1, 0.15) is 32.6 Å². The maximum absolute atomic E-state index is 12.9. The molecule has 3 aromatic rings. The Morgan fingerprint density at radius 1 is 0.875 bits per heavy atom. The second kappa shape index (κ2) is 5.64. The molecule has 0 fully saturated rings. The van der Waals surface area contributed by atoms with E-state index in [-0.39, 0.29) is 5.91 Å². The zero-order valence-corrected chi connectivity index (χ0v) is 13.9. The van der Waals surface area contributed by atoms with E-state index in [9.17, 15) is 4.79 Å². The van der Waals surface area contributed by atoms with E-state index < -0.39 is 0 Å². The predicted molar refractivity (Wildman–Crippen MR) is 98.6 cm³/mol. The summed E-state index contributed by atoms with van der Waals surface area (Å²) in [7, 11) is 0. The fourth-order valence-corrected chi connectivity index (χ4v) is 3.45. The summed E-state index contributed by atoms with van der Waals surface area (Å²) in [6.07, 6.45) is 0.821. The van der Waals surface area contributed by atoms with E-state index in [2.05, 4.69) is 48.6 Å². The molecule has 118 valence electrons. The number of fused-ring (bicyclic) bond motifs is 3. The lowest BCUT2D eigenvalue weighted by molar-refractivity contribution is 0.102. The molecular formula is C22H19NO. The summed E-state index contributed by atoms with van der Waals surface area (Å²) in [6, 6.07) is 20.4. The van der Waals surface area contributed by atoms with Gasteiger partial charge in [-0.3, -0.25) is 4.79 Å². The molecule has 0 atom stereocenters. The highest BCUT2D eigenvalue weighted by Crippen LogP contribution is 2.38. The molecule has 1 aliphatic carbocycles. The summed E-state index contributed by atoms with van der Waals surface area (Å²) in [6.45, 7) is 4.10. The Hall–Kier alpha value is -2.87. The van der Waals surface area contributed by atoms with Gasteiger partial charge >= 0.3 is 0 Å². The van der Waals surface area contributed by atoms with Crippen LogP contribution < -0.4 is 5.32 Å². The summed E-state index contributed by atoms with van der Waals surface area (Å²) in [5.41, 5.74) is 8.78. The van der Waals surface area contributed by atoms with Crippen LogP contribution in [-0.4, -0.2) is 5.91 Å². The molecule has 2 heteroatoms. The van der Waals surface area contributed by atoms with Gasteiger partial charge in [0.15, 0.2) is 0 Å². The van der Waals surface area contributed by atoms with E-state index in [1.807, 2.05) is 31.2 Å². The van der Waals surface area contributed by atoms with E-state index in [1.54, 1.807) is 0 Å². The van der Waals surface area contributed by atoms with E-state index in [4.69, 9.17) is 0 Å². The maximum Gasteiger partial charge on any atom is 0.255 e. The third kappa shape index (κ3) is 2.31. The fourth-order valence-electron chi connectivity index (χ4n) is 3.45. The minimum Gasteiger partial charge on any atom is -0.322 e. The van der Waals surface area contributed by atoms with Gasteiger partial charge in [-0.05, 0) is 65.8 Å². The highest BCUT2D eigenvalue weighted by molar-refractivity contribution is 6.07. The van der Waals surface area contributed by atoms with Gasteiger partial charge in [-0.1, -0.05) is 48.5 Å². The van der Waals surface area contributed by atoms with Crippen molar-refractivity contribution in [3.05, 3.63) is 88.5 Å². The molecule has 0 aliphatic heterocycles. The minimum absolute atomic E-state index is 0.0339. The number of carbonyl (C=O) groups is 1. The summed E-state index contributed by atoms with van der Waals surface area (Å²) >= 11 is 0. The average Bonchev–Trinajstić information content (AvgIpc) is 2.97. The molecule has 0 unspecified atom stereocenters. The van der Waals surface area contributed by atoms with Crippen molar-refractivity contribution in [1.82, 2.24) is 0 Å². The monoisotopic (exact) mass is 313 g/mol. The number of amides is 1. The van der Waals surface area contributed by atoms with Gasteiger partial charge in [-0.15, -0.1) is 0 Å². The summed E-state index contributed by atoms with van der Waals surface area (Å²) in [5.74, 6) is -0.0339. The first-order valence-corrected chi connectivity index (χ1v) is 8.23. The number of nitrogens with one attached hydrogen (secondary N) is 1. The zero-order valence-electron chi connectivity index (χ0n) is 13.9. The van der Waals surface area contributed by atoms with Crippen LogP contribution in [0.25, 0.3) is 11.1 Å². The standard InChI is InChI=1S/C22H19NO/c1-14-7-5-12-21(15(14)2)23-22(24)19-11-6-10-18-17-9-4-3-8-16(17)13-20(18)19/h3-12H,13H2,1-2H3,(H,23,24). The maximum atomic E-state index is 12.9. The molecule has 1 N–H and O–H groups in total. The lowest BCUT2D eigenvalue weighted by Gasteiger charge is -2.12. The highest BCUT2D eigenvalue weighted by Gasteiger charge is 2.23. The number of aryl methyl sites for hydroxylation is 1. The molecule has 2 nitrogen and oxygen atoms in total. The molecule has 3 aromatic carbocycles. The predicted octanol–water partition coefficient (Wildman–Crippen LogP) is 5.13. The van der Waals surface area contributed by atoms with Crippen LogP contribution in [-0.2, 0) is 6.42 Å². The fraction of sp³-hybridized carbons (Fsp3) is 0.136. The van der Waals surface area contributed by atoms with Crippen LogP contribution in [0.15, 0.2) is 60.7 Å². The number of rotatable bonds is 2. The third-order valence-electron chi connectivity index (χ3n) is 4.95. The normalized spacial score (nSPS) is 11.8. The molecule has 24 heavy (non-hydrogen) atoms. The van der Waals surface area contributed by atoms with E-state index in [0.29, 0.717) is 0 Å². The molecule has 0 heterocycles. The van der Waals surface area contributed by atoms with Crippen molar-refractivity contribution in [2.75, 3.05) is 5.32 Å². The van der Waals surface area contributed by atoms with Crippen molar-refractivity contribution in [2.24, 2.45) is 0 Å². The van der Waals surface area contributed by atoms with Crippen molar-refractivity contribution in [2.45, 2.75) is 20.3 Å². The molecule has 1 aliphatic rings. The zero-order chi connectivity index (χ0) is 16.7. The van der Waals surface area contributed by atoms with Gasteiger partial charge in [-0.2, -0.15) is 0 Å². The first-order chi connectivity index (χ1) is 11.6. The summed E-state index contributed by atoms with van der Waals surface area (Å²) < 4.78 is 0. The third-order valence-corrected chi connectivity index (χ3v) is 4.95. The number of hydrogen-bond acceptors (Lipinski definition) is 1. The SMILES string of the molecule is Cc1cccc(NC(=O)c2cccc3c2Cc2ccccc2-3)c1C. The van der Waals surface area contributed by atoms with Crippen molar-refractivity contribution in [3.63, 3.8) is 0 Å². The Kier molecular flexibility index (Phi) is 3.46. The molecule has 0 aromatic heterocycles. The van der Waals surface area contributed by atoms with Crippen LogP contribution in [0.2, 0.25) is 0 Å². The number of carbonyl (C=O) groups excluding carboxylic acids is 1. The van der Waals surface area contributed by atoms with E-state index >= 15 is 0 Å². The van der Waals surface area contributed by atoms with Crippen molar-refractivity contribution < 1.29 is 4.79 Å². The molecular weight excluding hydrogens is 294 g/mol. The van der Waals surface area contributed by atoms with Crippen molar-refractivity contribution >= 4 is 11.6 Å². The molecule has 0 radical (unpaired) electrons. The Labute approximate surface area is 142 Å². The van der Waals surface area contributed by atoms with Crippen LogP contribution in [0.5, 0.6) is 0 Å². The Bertz CT molecular complexity index is 956. The van der Waals surface area contributed by atoms with Gasteiger partial charge in [0.1, 0.15) is 0 Å². The van der Waals surface area contributed by atoms with Crippen LogP contribution in [0.4, 0.5) is 5.69 Å². The van der Waals surface area contributed by atoms with Crippen molar-refractivity contribution in [1.29, 1.82) is 0 Å². The first kappa shape index (κ1) is 14.7. The van der Waals surface area contributed by atoms with Crippen LogP contribution >= 0.6 is 0 Å². The van der Waals surface area contributed by atoms with Crippen LogP contribution in [0, 0.1) is 13.8 Å². The number of benzene rings is 3. The van der Waals surface area contributed by atoms with Gasteiger partial charge in [0.05, 0.1) is 0 Å². The second-order valence-electron chi connectivity index (χ2n) is 6.37. The van der Waals surface area contributed by atoms with Crippen molar-refractivity contribution in [3.8, 4) is 11.1 Å². The largest absolute Gasteiger partial charge is 0.322 e. The smallest absolute Gasteiger partial charge is 0.255 e. The molecule has 0 spiro atoms. The number of hydrogen-bond donors (Lipinski definition) is 1. The molecule has 4 rings (SSSR count). The van der Waals surface area contributed by atoms with Gasteiger partial charge in [0.2, 0.25) is 0 Å². The lowest BCUT2D eigenvalue weighted by atomic mass is 10.0. The first-order valence-electron chi connectivity index (χ1n) is 8.23.